The lowest BCUT2D eigenvalue weighted by atomic mass is 10.1. The second-order valence-corrected chi connectivity index (χ2v) is 9.52. The van der Waals surface area contributed by atoms with Gasteiger partial charge in [0, 0.05) is 38.3 Å². The molecule has 1 aliphatic heterocycles. The van der Waals surface area contributed by atoms with Crippen LogP contribution >= 0.6 is 0 Å². The van der Waals surface area contributed by atoms with E-state index in [1.165, 1.54) is 0 Å². The van der Waals surface area contributed by atoms with E-state index in [2.05, 4.69) is 40.9 Å². The van der Waals surface area contributed by atoms with Crippen molar-refractivity contribution in [3.8, 4) is 11.3 Å². The van der Waals surface area contributed by atoms with Crippen LogP contribution in [0.15, 0.2) is 65.2 Å². The number of benzene rings is 2. The summed E-state index contributed by atoms with van der Waals surface area (Å²) in [7, 11) is 0. The number of morpholine rings is 1. The topological polar surface area (TPSA) is 71.2 Å². The van der Waals surface area contributed by atoms with E-state index in [0.29, 0.717) is 38.8 Å². The molecule has 7 heteroatoms. The van der Waals surface area contributed by atoms with Gasteiger partial charge in [-0.15, -0.1) is 0 Å². The summed E-state index contributed by atoms with van der Waals surface area (Å²) in [5.74, 6) is 1.25. The van der Waals surface area contributed by atoms with Crippen molar-refractivity contribution in [2.75, 3.05) is 50.9 Å². The minimum absolute atomic E-state index is 0.287. The number of anilines is 1. The molecule has 1 aromatic heterocycles. The van der Waals surface area contributed by atoms with Crippen LogP contribution in [0.25, 0.3) is 11.3 Å². The van der Waals surface area contributed by atoms with Gasteiger partial charge in [0.1, 0.15) is 5.69 Å². The van der Waals surface area contributed by atoms with Crippen molar-refractivity contribution in [1.82, 2.24) is 10.1 Å². The average molecular weight is 480 g/mol. The SMILES string of the molecule is CC(C)CN(Cc1c(-c2ccccc2)noc1N1CCOCC1)CC(O)COCc1ccccc1. The van der Waals surface area contributed by atoms with E-state index >= 15 is 0 Å². The predicted octanol–water partition coefficient (Wildman–Crippen LogP) is 4.21. The number of aliphatic hydroxyl groups is 1. The Morgan fingerprint density at radius 2 is 1.69 bits per heavy atom. The van der Waals surface area contributed by atoms with Gasteiger partial charge in [0.2, 0.25) is 5.88 Å². The first-order valence-corrected chi connectivity index (χ1v) is 12.5. The summed E-state index contributed by atoms with van der Waals surface area (Å²) in [6.07, 6.45) is -0.593. The molecular weight excluding hydrogens is 442 g/mol. The summed E-state index contributed by atoms with van der Waals surface area (Å²) in [5, 5.41) is 15.3. The number of hydrogen-bond acceptors (Lipinski definition) is 7. The molecule has 3 aromatic rings. The van der Waals surface area contributed by atoms with Gasteiger partial charge in [0.05, 0.1) is 38.1 Å². The van der Waals surface area contributed by atoms with E-state index in [1.54, 1.807) is 0 Å². The molecule has 0 aliphatic carbocycles. The molecule has 35 heavy (non-hydrogen) atoms. The van der Waals surface area contributed by atoms with Crippen LogP contribution in [0.3, 0.4) is 0 Å². The largest absolute Gasteiger partial charge is 0.389 e. The molecule has 7 nitrogen and oxygen atoms in total. The number of aromatic nitrogens is 1. The minimum Gasteiger partial charge on any atom is -0.389 e. The monoisotopic (exact) mass is 479 g/mol. The van der Waals surface area contributed by atoms with Crippen LogP contribution < -0.4 is 4.90 Å². The zero-order chi connectivity index (χ0) is 24.5. The third kappa shape index (κ3) is 7.39. The highest BCUT2D eigenvalue weighted by atomic mass is 16.5. The molecule has 1 fully saturated rings. The second kappa shape index (κ2) is 12.8. The van der Waals surface area contributed by atoms with E-state index in [0.717, 1.165) is 47.9 Å². The van der Waals surface area contributed by atoms with Gasteiger partial charge in [0.15, 0.2) is 0 Å². The fourth-order valence-corrected chi connectivity index (χ4v) is 4.46. The maximum Gasteiger partial charge on any atom is 0.232 e. The van der Waals surface area contributed by atoms with Gasteiger partial charge in [-0.3, -0.25) is 4.90 Å². The molecule has 0 radical (unpaired) electrons. The molecule has 2 aromatic carbocycles. The standard InChI is InChI=1S/C28H37N3O4/c1-22(2)17-30(18-25(32)21-34-20-23-9-5-3-6-10-23)19-26-27(24-11-7-4-8-12-24)29-35-28(26)31-13-15-33-16-14-31/h3-12,22,25,32H,13-21H2,1-2H3. The van der Waals surface area contributed by atoms with Gasteiger partial charge < -0.3 is 24.0 Å². The van der Waals surface area contributed by atoms with E-state index in [1.807, 2.05) is 48.5 Å². The molecule has 1 aliphatic rings. The van der Waals surface area contributed by atoms with Gasteiger partial charge in [0.25, 0.3) is 0 Å². The Morgan fingerprint density at radius 1 is 1.00 bits per heavy atom. The van der Waals surface area contributed by atoms with E-state index < -0.39 is 6.10 Å². The van der Waals surface area contributed by atoms with Crippen molar-refractivity contribution < 1.29 is 19.1 Å². The summed E-state index contributed by atoms with van der Waals surface area (Å²) >= 11 is 0. The number of rotatable bonds is 12. The van der Waals surface area contributed by atoms with Gasteiger partial charge in [-0.25, -0.2) is 0 Å². The predicted molar refractivity (Wildman–Crippen MR) is 137 cm³/mol. The van der Waals surface area contributed by atoms with Crippen molar-refractivity contribution >= 4 is 5.88 Å². The normalized spacial score (nSPS) is 15.2. The molecular formula is C28H37N3O4. The summed E-state index contributed by atoms with van der Waals surface area (Å²) in [6, 6.07) is 20.2. The van der Waals surface area contributed by atoms with Gasteiger partial charge >= 0.3 is 0 Å². The van der Waals surface area contributed by atoms with Crippen LogP contribution in [0.2, 0.25) is 0 Å². The molecule has 0 bridgehead atoms. The van der Waals surface area contributed by atoms with Crippen LogP contribution in [-0.4, -0.2) is 67.3 Å². The van der Waals surface area contributed by atoms with Gasteiger partial charge in [-0.05, 0) is 11.5 Å². The van der Waals surface area contributed by atoms with Crippen LogP contribution in [0, 0.1) is 5.92 Å². The Kier molecular flexibility index (Phi) is 9.31. The number of hydrogen-bond donors (Lipinski definition) is 1. The molecule has 0 spiro atoms. The van der Waals surface area contributed by atoms with E-state index in [-0.39, 0.29) is 6.61 Å². The lowest BCUT2D eigenvalue weighted by molar-refractivity contribution is 0.00679. The van der Waals surface area contributed by atoms with Crippen LogP contribution in [0.4, 0.5) is 5.88 Å². The molecule has 2 heterocycles. The Morgan fingerprint density at radius 3 is 2.37 bits per heavy atom. The van der Waals surface area contributed by atoms with E-state index in [9.17, 15) is 5.11 Å². The third-order valence-electron chi connectivity index (χ3n) is 6.01. The highest BCUT2D eigenvalue weighted by molar-refractivity contribution is 5.68. The zero-order valence-corrected chi connectivity index (χ0v) is 20.8. The van der Waals surface area contributed by atoms with Crippen molar-refractivity contribution in [2.24, 2.45) is 5.92 Å². The first-order chi connectivity index (χ1) is 17.1. The molecule has 1 saturated heterocycles. The van der Waals surface area contributed by atoms with Crippen molar-refractivity contribution in [1.29, 1.82) is 0 Å². The highest BCUT2D eigenvalue weighted by Gasteiger charge is 2.26. The lowest BCUT2D eigenvalue weighted by Crippen LogP contribution is -2.39. The Hall–Kier alpha value is -2.71. The molecule has 188 valence electrons. The number of aliphatic hydroxyl groups excluding tert-OH is 1. The number of ether oxygens (including phenoxy) is 2. The van der Waals surface area contributed by atoms with Crippen molar-refractivity contribution in [3.63, 3.8) is 0 Å². The maximum absolute atomic E-state index is 10.8. The first kappa shape index (κ1) is 25.4. The fraction of sp³-hybridized carbons (Fsp3) is 0.464. The fourth-order valence-electron chi connectivity index (χ4n) is 4.46. The van der Waals surface area contributed by atoms with E-state index in [4.69, 9.17) is 14.0 Å². The van der Waals surface area contributed by atoms with Gasteiger partial charge in [-0.1, -0.05) is 79.7 Å². The van der Waals surface area contributed by atoms with Crippen LogP contribution in [-0.2, 0) is 22.6 Å². The van der Waals surface area contributed by atoms with Crippen molar-refractivity contribution in [3.05, 3.63) is 71.8 Å². The molecule has 0 amide bonds. The molecule has 1 N–H and O–H groups in total. The molecule has 1 unspecified atom stereocenters. The maximum atomic E-state index is 10.8. The quantitative estimate of drug-likeness (QED) is 0.417. The molecule has 1 atom stereocenters. The van der Waals surface area contributed by atoms with Gasteiger partial charge in [-0.2, -0.15) is 0 Å². The summed E-state index contributed by atoms with van der Waals surface area (Å²) in [5.41, 5.74) is 4.04. The summed E-state index contributed by atoms with van der Waals surface area (Å²) < 4.78 is 17.3. The molecule has 4 rings (SSSR count). The Labute approximate surface area is 208 Å². The minimum atomic E-state index is -0.593. The average Bonchev–Trinajstić information content (AvgIpc) is 3.28. The second-order valence-electron chi connectivity index (χ2n) is 9.52. The number of nitrogens with zero attached hydrogens (tertiary/aromatic N) is 3. The summed E-state index contributed by atoms with van der Waals surface area (Å²) in [4.78, 5) is 4.50. The summed E-state index contributed by atoms with van der Waals surface area (Å²) in [6.45, 7) is 10.1. The zero-order valence-electron chi connectivity index (χ0n) is 20.8. The van der Waals surface area contributed by atoms with Crippen LogP contribution in [0.5, 0.6) is 0 Å². The Balaban J connectivity index is 1.49. The first-order valence-electron chi connectivity index (χ1n) is 12.5. The Bertz CT molecular complexity index is 1000. The highest BCUT2D eigenvalue weighted by Crippen LogP contribution is 2.33. The smallest absolute Gasteiger partial charge is 0.232 e. The molecule has 0 saturated carbocycles. The van der Waals surface area contributed by atoms with Crippen molar-refractivity contribution in [2.45, 2.75) is 33.1 Å². The lowest BCUT2D eigenvalue weighted by Gasteiger charge is -2.30. The third-order valence-corrected chi connectivity index (χ3v) is 6.01. The van der Waals surface area contributed by atoms with Crippen LogP contribution in [0.1, 0.15) is 25.0 Å².